The van der Waals surface area contributed by atoms with E-state index in [0.29, 0.717) is 6.61 Å². The Bertz CT molecular complexity index is 371. The quantitative estimate of drug-likeness (QED) is 0.549. The summed E-state index contributed by atoms with van der Waals surface area (Å²) in [5.74, 6) is -0.246. The third-order valence-electron chi connectivity index (χ3n) is 2.46. The third kappa shape index (κ3) is 4.72. The van der Waals surface area contributed by atoms with Crippen molar-refractivity contribution in [2.45, 2.75) is 26.6 Å². The highest BCUT2D eigenvalue weighted by atomic mass is 16.6. The van der Waals surface area contributed by atoms with Gasteiger partial charge >= 0.3 is 5.97 Å². The average Bonchev–Trinajstić information content (AvgIpc) is 2.37. The summed E-state index contributed by atoms with van der Waals surface area (Å²) in [4.78, 5) is 11.9. The summed E-state index contributed by atoms with van der Waals surface area (Å²) in [5, 5.41) is 0. The van der Waals surface area contributed by atoms with Gasteiger partial charge in [0.15, 0.2) is 6.10 Å². The molecule has 0 radical (unpaired) electrons. The van der Waals surface area contributed by atoms with E-state index in [9.17, 15) is 4.79 Å². The summed E-state index contributed by atoms with van der Waals surface area (Å²) < 4.78 is 10.7. The molecule has 0 aliphatic heterocycles. The van der Waals surface area contributed by atoms with Crippen LogP contribution in [0.15, 0.2) is 43.0 Å². The molecule has 0 N–H and O–H groups in total. The van der Waals surface area contributed by atoms with Crippen molar-refractivity contribution in [3.63, 3.8) is 0 Å². The first kappa shape index (κ1) is 14.5. The van der Waals surface area contributed by atoms with Crippen LogP contribution in [0.25, 0.3) is 0 Å². The highest BCUT2D eigenvalue weighted by molar-refractivity contribution is 5.75. The van der Waals surface area contributed by atoms with E-state index in [1.807, 2.05) is 44.2 Å². The molecule has 0 spiro atoms. The first-order chi connectivity index (χ1) is 8.65. The van der Waals surface area contributed by atoms with Crippen molar-refractivity contribution < 1.29 is 14.3 Å². The van der Waals surface area contributed by atoms with Crippen LogP contribution in [0.5, 0.6) is 0 Å². The maximum atomic E-state index is 11.9. The van der Waals surface area contributed by atoms with Crippen molar-refractivity contribution in [2.75, 3.05) is 6.61 Å². The molecule has 1 rings (SSSR count). The molecule has 0 heterocycles. The van der Waals surface area contributed by atoms with Gasteiger partial charge in [0.05, 0.1) is 6.61 Å². The molecular formula is C15H20O3. The lowest BCUT2D eigenvalue weighted by Gasteiger charge is -2.19. The van der Waals surface area contributed by atoms with E-state index in [1.54, 1.807) is 6.08 Å². The fraction of sp³-hybridized carbons (Fsp3) is 0.400. The Morgan fingerprint density at radius 1 is 1.33 bits per heavy atom. The second kappa shape index (κ2) is 7.67. The molecule has 0 aliphatic rings. The Kier molecular flexibility index (Phi) is 6.15. The zero-order valence-electron chi connectivity index (χ0n) is 11.0. The van der Waals surface area contributed by atoms with Crippen LogP contribution < -0.4 is 0 Å². The molecular weight excluding hydrogens is 228 g/mol. The first-order valence-corrected chi connectivity index (χ1v) is 6.08. The summed E-state index contributed by atoms with van der Waals surface area (Å²) in [6.07, 6.45) is 1.09. The summed E-state index contributed by atoms with van der Waals surface area (Å²) in [5.41, 5.74) is 0.970. The smallest absolute Gasteiger partial charge is 0.335 e. The van der Waals surface area contributed by atoms with Crippen molar-refractivity contribution in [1.29, 1.82) is 0 Å². The van der Waals surface area contributed by atoms with Crippen LogP contribution in [0.4, 0.5) is 0 Å². The molecule has 1 aromatic rings. The van der Waals surface area contributed by atoms with E-state index < -0.39 is 6.10 Å². The highest BCUT2D eigenvalue weighted by Crippen LogP contribution is 2.10. The Morgan fingerprint density at radius 3 is 2.56 bits per heavy atom. The Morgan fingerprint density at radius 2 is 2.00 bits per heavy atom. The third-order valence-corrected chi connectivity index (χ3v) is 2.46. The molecule has 0 bridgehead atoms. The molecule has 3 nitrogen and oxygen atoms in total. The van der Waals surface area contributed by atoms with Crippen LogP contribution in [-0.2, 0) is 20.9 Å². The van der Waals surface area contributed by atoms with Gasteiger partial charge in [-0.2, -0.15) is 0 Å². The minimum Gasteiger partial charge on any atom is -0.459 e. The molecule has 18 heavy (non-hydrogen) atoms. The van der Waals surface area contributed by atoms with Crippen LogP contribution in [0.1, 0.15) is 19.4 Å². The molecule has 0 unspecified atom stereocenters. The fourth-order valence-corrected chi connectivity index (χ4v) is 1.52. The molecule has 3 heteroatoms. The predicted molar refractivity (Wildman–Crippen MR) is 71.0 cm³/mol. The van der Waals surface area contributed by atoms with Gasteiger partial charge in [0, 0.05) is 0 Å². The number of carbonyl (C=O) groups is 1. The number of rotatable bonds is 7. The molecule has 0 saturated carbocycles. The lowest BCUT2D eigenvalue weighted by atomic mass is 10.1. The van der Waals surface area contributed by atoms with Crippen molar-refractivity contribution in [3.05, 3.63) is 48.6 Å². The van der Waals surface area contributed by atoms with Crippen LogP contribution in [0.3, 0.4) is 0 Å². The van der Waals surface area contributed by atoms with E-state index in [2.05, 4.69) is 6.58 Å². The number of hydrogen-bond acceptors (Lipinski definition) is 3. The number of benzene rings is 1. The first-order valence-electron chi connectivity index (χ1n) is 6.08. The van der Waals surface area contributed by atoms with Gasteiger partial charge in [-0.05, 0) is 11.5 Å². The average molecular weight is 248 g/mol. The molecule has 0 aromatic heterocycles. The second-order valence-electron chi connectivity index (χ2n) is 4.38. The Balaban J connectivity index is 2.48. The van der Waals surface area contributed by atoms with Crippen molar-refractivity contribution in [2.24, 2.45) is 5.92 Å². The van der Waals surface area contributed by atoms with Crippen molar-refractivity contribution in [1.82, 2.24) is 0 Å². The lowest BCUT2D eigenvalue weighted by molar-refractivity contribution is -0.160. The number of carbonyl (C=O) groups excluding carboxylic acids is 1. The summed E-state index contributed by atoms with van der Waals surface area (Å²) in [6.45, 7) is 8.05. The summed E-state index contributed by atoms with van der Waals surface area (Å²) >= 11 is 0. The summed E-state index contributed by atoms with van der Waals surface area (Å²) in [7, 11) is 0. The Hall–Kier alpha value is -1.61. The monoisotopic (exact) mass is 248 g/mol. The van der Waals surface area contributed by atoms with E-state index in [-0.39, 0.29) is 18.5 Å². The van der Waals surface area contributed by atoms with Gasteiger partial charge < -0.3 is 9.47 Å². The van der Waals surface area contributed by atoms with E-state index in [1.165, 1.54) is 0 Å². The van der Waals surface area contributed by atoms with E-state index in [4.69, 9.17) is 9.47 Å². The highest BCUT2D eigenvalue weighted by Gasteiger charge is 2.24. The standard InChI is InChI=1S/C15H20O3/c1-4-10-17-14(12(2)3)15(16)18-11-13-8-6-5-7-9-13/h4-9,12,14H,1,10-11H2,2-3H3/t14-/m0/s1. The number of ether oxygens (including phenoxy) is 2. The number of esters is 1. The maximum Gasteiger partial charge on any atom is 0.335 e. The minimum absolute atomic E-state index is 0.0771. The van der Waals surface area contributed by atoms with Crippen LogP contribution >= 0.6 is 0 Å². The molecule has 0 aliphatic carbocycles. The maximum absolute atomic E-state index is 11.9. The lowest BCUT2D eigenvalue weighted by Crippen LogP contribution is -2.31. The molecule has 0 saturated heterocycles. The molecule has 98 valence electrons. The zero-order valence-corrected chi connectivity index (χ0v) is 11.0. The van der Waals surface area contributed by atoms with E-state index in [0.717, 1.165) is 5.56 Å². The van der Waals surface area contributed by atoms with E-state index >= 15 is 0 Å². The van der Waals surface area contributed by atoms with Crippen molar-refractivity contribution >= 4 is 5.97 Å². The molecule has 1 aromatic carbocycles. The van der Waals surface area contributed by atoms with Crippen LogP contribution in [0.2, 0.25) is 0 Å². The van der Waals surface area contributed by atoms with Gasteiger partial charge in [-0.15, -0.1) is 6.58 Å². The minimum atomic E-state index is -0.535. The van der Waals surface area contributed by atoms with Gasteiger partial charge in [0.25, 0.3) is 0 Å². The summed E-state index contributed by atoms with van der Waals surface area (Å²) in [6, 6.07) is 9.59. The zero-order chi connectivity index (χ0) is 13.4. The molecule has 0 amide bonds. The normalized spacial score (nSPS) is 12.2. The predicted octanol–water partition coefficient (Wildman–Crippen LogP) is 2.96. The van der Waals surface area contributed by atoms with Crippen molar-refractivity contribution in [3.8, 4) is 0 Å². The number of hydrogen-bond donors (Lipinski definition) is 0. The van der Waals surface area contributed by atoms with Gasteiger partial charge in [0.1, 0.15) is 6.61 Å². The van der Waals surface area contributed by atoms with Gasteiger partial charge in [-0.3, -0.25) is 0 Å². The topological polar surface area (TPSA) is 35.5 Å². The largest absolute Gasteiger partial charge is 0.459 e. The molecule has 1 atom stereocenters. The fourth-order valence-electron chi connectivity index (χ4n) is 1.52. The van der Waals surface area contributed by atoms with Crippen LogP contribution in [-0.4, -0.2) is 18.7 Å². The Labute approximate surface area is 108 Å². The molecule has 0 fully saturated rings. The van der Waals surface area contributed by atoms with Gasteiger partial charge in [0.2, 0.25) is 0 Å². The second-order valence-corrected chi connectivity index (χ2v) is 4.38. The van der Waals surface area contributed by atoms with Gasteiger partial charge in [-0.1, -0.05) is 50.3 Å². The SMILES string of the molecule is C=CCO[C@H](C(=O)OCc1ccccc1)C(C)C. The van der Waals surface area contributed by atoms with Gasteiger partial charge in [-0.25, -0.2) is 4.79 Å². The van der Waals surface area contributed by atoms with Crippen LogP contribution in [0, 0.1) is 5.92 Å².